The molecule has 0 aliphatic heterocycles. The Kier molecular flexibility index (Phi) is 3.89. The first-order valence-electron chi connectivity index (χ1n) is 3.92. The summed E-state index contributed by atoms with van der Waals surface area (Å²) in [7, 11) is 1.21. The Labute approximate surface area is 99.6 Å². The Morgan fingerprint density at radius 2 is 2.13 bits per heavy atom. The van der Waals surface area contributed by atoms with Crippen molar-refractivity contribution in [3.63, 3.8) is 0 Å². The molecule has 80 valence electrons. The largest absolute Gasteiger partial charge is 0.478 e. The van der Waals surface area contributed by atoms with Crippen molar-refractivity contribution in [3.05, 3.63) is 27.3 Å². The van der Waals surface area contributed by atoms with Crippen LogP contribution in [0.5, 0.6) is 0 Å². The van der Waals surface area contributed by atoms with Gasteiger partial charge >= 0.3 is 12.1 Å². The quantitative estimate of drug-likeness (QED) is 0.819. The number of nitrogens with one attached hydrogen (secondary N) is 1. The van der Waals surface area contributed by atoms with Gasteiger partial charge in [0.05, 0.1) is 18.4 Å². The molecule has 0 heterocycles. The summed E-state index contributed by atoms with van der Waals surface area (Å²) in [6.45, 7) is 0. The summed E-state index contributed by atoms with van der Waals surface area (Å²) >= 11 is 1.99. The predicted octanol–water partition coefficient (Wildman–Crippen LogP) is 2.17. The number of carbonyl (C=O) groups excluding carboxylic acids is 1. The van der Waals surface area contributed by atoms with Gasteiger partial charge in [-0.05, 0) is 40.8 Å². The van der Waals surface area contributed by atoms with Gasteiger partial charge in [-0.3, -0.25) is 5.32 Å². The summed E-state index contributed by atoms with van der Waals surface area (Å²) < 4.78 is 5.15. The molecule has 1 aromatic rings. The molecule has 2 N–H and O–H groups in total. The first-order chi connectivity index (χ1) is 7.04. The monoisotopic (exact) mass is 321 g/mol. The Bertz CT molecular complexity index is 405. The maximum Gasteiger partial charge on any atom is 0.411 e. The Morgan fingerprint density at radius 3 is 2.67 bits per heavy atom. The van der Waals surface area contributed by atoms with E-state index in [9.17, 15) is 9.59 Å². The van der Waals surface area contributed by atoms with E-state index < -0.39 is 12.1 Å². The molecular formula is C9H8INO4. The van der Waals surface area contributed by atoms with Crippen molar-refractivity contribution in [2.75, 3.05) is 12.4 Å². The molecule has 1 amide bonds. The highest BCUT2D eigenvalue weighted by Crippen LogP contribution is 2.19. The van der Waals surface area contributed by atoms with E-state index in [-0.39, 0.29) is 11.3 Å². The number of methoxy groups -OCH3 is 1. The number of carboxylic acid groups (broad SMARTS) is 1. The van der Waals surface area contributed by atoms with E-state index in [4.69, 9.17) is 5.11 Å². The molecule has 0 spiro atoms. The summed E-state index contributed by atoms with van der Waals surface area (Å²) in [6.07, 6.45) is -0.696. The molecule has 0 fully saturated rings. The Hall–Kier alpha value is -1.31. The molecular weight excluding hydrogens is 313 g/mol. The third-order valence-electron chi connectivity index (χ3n) is 1.63. The molecule has 0 aromatic heterocycles. The van der Waals surface area contributed by atoms with Gasteiger partial charge in [0, 0.05) is 3.57 Å². The third kappa shape index (κ3) is 3.08. The van der Waals surface area contributed by atoms with Crippen LogP contribution < -0.4 is 5.32 Å². The van der Waals surface area contributed by atoms with Crippen LogP contribution in [-0.4, -0.2) is 24.3 Å². The predicted molar refractivity (Wildman–Crippen MR) is 62.1 cm³/mol. The van der Waals surface area contributed by atoms with Crippen LogP contribution in [0.25, 0.3) is 0 Å². The first kappa shape index (κ1) is 11.8. The summed E-state index contributed by atoms with van der Waals surface area (Å²) in [5.41, 5.74) is 0.252. The fourth-order valence-electron chi connectivity index (χ4n) is 0.963. The van der Waals surface area contributed by atoms with Crippen molar-refractivity contribution in [2.24, 2.45) is 0 Å². The average Bonchev–Trinajstić information content (AvgIpc) is 2.20. The Morgan fingerprint density at radius 1 is 1.47 bits per heavy atom. The zero-order chi connectivity index (χ0) is 11.4. The number of benzene rings is 1. The van der Waals surface area contributed by atoms with Crippen LogP contribution in [0.4, 0.5) is 10.5 Å². The lowest BCUT2D eigenvalue weighted by Gasteiger charge is -2.07. The second kappa shape index (κ2) is 4.96. The van der Waals surface area contributed by atoms with Gasteiger partial charge in [0.25, 0.3) is 0 Å². The molecule has 0 saturated carbocycles. The molecule has 1 aromatic carbocycles. The lowest BCUT2D eigenvalue weighted by atomic mass is 10.2. The van der Waals surface area contributed by atoms with Gasteiger partial charge in [-0.15, -0.1) is 0 Å². The number of halogens is 1. The number of carbonyl (C=O) groups is 2. The van der Waals surface area contributed by atoms with Crippen LogP contribution in [-0.2, 0) is 4.74 Å². The third-order valence-corrected chi connectivity index (χ3v) is 2.31. The van der Waals surface area contributed by atoms with Gasteiger partial charge in [0.15, 0.2) is 0 Å². The normalized spacial score (nSPS) is 9.47. The van der Waals surface area contributed by atoms with Crippen molar-refractivity contribution in [2.45, 2.75) is 0 Å². The van der Waals surface area contributed by atoms with E-state index in [0.29, 0.717) is 0 Å². The summed E-state index contributed by atoms with van der Waals surface area (Å²) in [5, 5.41) is 11.2. The highest BCUT2D eigenvalue weighted by atomic mass is 127. The summed E-state index contributed by atoms with van der Waals surface area (Å²) in [6, 6.07) is 4.68. The van der Waals surface area contributed by atoms with Gasteiger partial charge in [-0.1, -0.05) is 0 Å². The van der Waals surface area contributed by atoms with Crippen molar-refractivity contribution in [1.29, 1.82) is 0 Å². The van der Waals surface area contributed by atoms with Crippen molar-refractivity contribution in [3.8, 4) is 0 Å². The van der Waals surface area contributed by atoms with Gasteiger partial charge in [0.1, 0.15) is 0 Å². The highest BCUT2D eigenvalue weighted by molar-refractivity contribution is 14.1. The summed E-state index contributed by atoms with van der Waals surface area (Å²) in [5.74, 6) is -1.10. The van der Waals surface area contributed by atoms with Crippen LogP contribution in [0.2, 0.25) is 0 Å². The molecule has 15 heavy (non-hydrogen) atoms. The lowest BCUT2D eigenvalue weighted by Crippen LogP contribution is -2.14. The zero-order valence-corrected chi connectivity index (χ0v) is 9.94. The van der Waals surface area contributed by atoms with Gasteiger partial charge < -0.3 is 9.84 Å². The second-order valence-corrected chi connectivity index (χ2v) is 3.86. The van der Waals surface area contributed by atoms with E-state index in [1.165, 1.54) is 19.2 Å². The second-order valence-electron chi connectivity index (χ2n) is 2.61. The maximum absolute atomic E-state index is 10.9. The van der Waals surface area contributed by atoms with E-state index in [0.717, 1.165) is 3.57 Å². The number of anilines is 1. The minimum atomic E-state index is -1.10. The van der Waals surface area contributed by atoms with Gasteiger partial charge in [-0.25, -0.2) is 9.59 Å². The van der Waals surface area contributed by atoms with Crippen LogP contribution in [0.3, 0.4) is 0 Å². The summed E-state index contributed by atoms with van der Waals surface area (Å²) in [4.78, 5) is 21.8. The smallest absolute Gasteiger partial charge is 0.411 e. The first-order valence-corrected chi connectivity index (χ1v) is 5.00. The van der Waals surface area contributed by atoms with Crippen LogP contribution in [0.1, 0.15) is 10.4 Å². The number of hydrogen-bond acceptors (Lipinski definition) is 3. The van der Waals surface area contributed by atoms with E-state index in [1.807, 2.05) is 22.6 Å². The maximum atomic E-state index is 10.9. The standard InChI is InChI=1S/C9H8INO4/c1-15-9(14)11-7-3-2-5(10)4-6(7)8(12)13/h2-4H,1H3,(H,11,14)(H,12,13). The number of ether oxygens (including phenoxy) is 1. The number of rotatable bonds is 2. The number of amides is 1. The Balaban J connectivity index is 3.06. The van der Waals surface area contributed by atoms with Crippen LogP contribution in [0, 0.1) is 3.57 Å². The molecule has 6 heteroatoms. The molecule has 0 atom stereocenters. The molecule has 0 aliphatic carbocycles. The fraction of sp³-hybridized carbons (Fsp3) is 0.111. The average molecular weight is 321 g/mol. The molecule has 1 rings (SSSR count). The number of aromatic carboxylic acids is 1. The molecule has 0 aliphatic rings. The van der Waals surface area contributed by atoms with E-state index >= 15 is 0 Å². The number of hydrogen-bond donors (Lipinski definition) is 2. The lowest BCUT2D eigenvalue weighted by molar-refractivity contribution is 0.0698. The minimum Gasteiger partial charge on any atom is -0.478 e. The number of carboxylic acids is 1. The van der Waals surface area contributed by atoms with Crippen LogP contribution >= 0.6 is 22.6 Å². The van der Waals surface area contributed by atoms with Crippen molar-refractivity contribution in [1.82, 2.24) is 0 Å². The van der Waals surface area contributed by atoms with E-state index in [1.54, 1.807) is 6.07 Å². The molecule has 0 saturated heterocycles. The van der Waals surface area contributed by atoms with Crippen molar-refractivity contribution < 1.29 is 19.4 Å². The zero-order valence-electron chi connectivity index (χ0n) is 7.78. The molecule has 0 radical (unpaired) electrons. The van der Waals surface area contributed by atoms with Crippen LogP contribution in [0.15, 0.2) is 18.2 Å². The highest BCUT2D eigenvalue weighted by Gasteiger charge is 2.12. The topological polar surface area (TPSA) is 75.6 Å². The molecule has 0 unspecified atom stereocenters. The minimum absolute atomic E-state index is 0.0345. The fourth-order valence-corrected chi connectivity index (χ4v) is 1.45. The van der Waals surface area contributed by atoms with E-state index in [2.05, 4.69) is 10.1 Å². The molecule has 5 nitrogen and oxygen atoms in total. The molecule has 0 bridgehead atoms. The van der Waals surface area contributed by atoms with Crippen molar-refractivity contribution >= 4 is 40.3 Å². The SMILES string of the molecule is COC(=O)Nc1ccc(I)cc1C(=O)O. The van der Waals surface area contributed by atoms with Gasteiger partial charge in [0.2, 0.25) is 0 Å². The van der Waals surface area contributed by atoms with Gasteiger partial charge in [-0.2, -0.15) is 0 Å².